The zero-order valence-corrected chi connectivity index (χ0v) is 13.7. The smallest absolute Gasteiger partial charge is 0.227 e. The summed E-state index contributed by atoms with van der Waals surface area (Å²) in [7, 11) is 0. The lowest BCUT2D eigenvalue weighted by atomic mass is 10.2. The minimum atomic E-state index is -0.228. The molecule has 0 aliphatic carbocycles. The van der Waals surface area contributed by atoms with E-state index in [4.69, 9.17) is 28.2 Å². The van der Waals surface area contributed by atoms with Crippen LogP contribution in [0.25, 0.3) is 22.6 Å². The molecule has 116 valence electrons. The highest BCUT2D eigenvalue weighted by molar-refractivity contribution is 7.80. The number of hydrogen-bond acceptors (Lipinski definition) is 4. The number of carbonyl (C=O) groups is 1. The predicted molar refractivity (Wildman–Crippen MR) is 94.5 cm³/mol. The summed E-state index contributed by atoms with van der Waals surface area (Å²) in [5.41, 5.74) is 2.84. The van der Waals surface area contributed by atoms with Crippen LogP contribution in [0.3, 0.4) is 0 Å². The second-order valence-electron chi connectivity index (χ2n) is 4.85. The molecular formula is C16H12ClN3O2S. The molecule has 23 heavy (non-hydrogen) atoms. The third-order valence-electron chi connectivity index (χ3n) is 3.01. The summed E-state index contributed by atoms with van der Waals surface area (Å²) >= 11 is 11.0. The molecule has 0 radical (unpaired) electrons. The number of nitrogens with zero attached hydrogens (tertiary/aromatic N) is 1. The third kappa shape index (κ3) is 3.67. The molecule has 2 aromatic carbocycles. The molecule has 0 bridgehead atoms. The number of halogens is 1. The topological polar surface area (TPSA) is 67.2 Å². The fourth-order valence-corrected chi connectivity index (χ4v) is 2.52. The Morgan fingerprint density at radius 1 is 1.26 bits per heavy atom. The first-order chi connectivity index (χ1) is 11.0. The summed E-state index contributed by atoms with van der Waals surface area (Å²) in [4.78, 5) is 15.4. The second kappa shape index (κ2) is 6.36. The van der Waals surface area contributed by atoms with Gasteiger partial charge in [0.05, 0.1) is 0 Å². The summed E-state index contributed by atoms with van der Waals surface area (Å²) < 4.78 is 5.73. The Hall–Kier alpha value is -2.44. The maximum Gasteiger partial charge on any atom is 0.227 e. The first kappa shape index (κ1) is 15.5. The largest absolute Gasteiger partial charge is 0.436 e. The first-order valence-electron chi connectivity index (χ1n) is 6.76. The summed E-state index contributed by atoms with van der Waals surface area (Å²) in [5, 5.41) is 6.27. The average molecular weight is 346 g/mol. The maximum atomic E-state index is 11.0. The van der Waals surface area contributed by atoms with Crippen LogP contribution in [0, 0.1) is 0 Å². The molecular weight excluding hydrogens is 334 g/mol. The molecule has 0 fully saturated rings. The van der Waals surface area contributed by atoms with E-state index in [1.165, 1.54) is 6.92 Å². The van der Waals surface area contributed by atoms with Gasteiger partial charge in [0, 0.05) is 23.2 Å². The van der Waals surface area contributed by atoms with Crippen molar-refractivity contribution in [1.29, 1.82) is 0 Å². The van der Waals surface area contributed by atoms with Crippen LogP contribution in [0.2, 0.25) is 5.02 Å². The Morgan fingerprint density at radius 3 is 2.83 bits per heavy atom. The van der Waals surface area contributed by atoms with Crippen LogP contribution < -0.4 is 10.6 Å². The molecule has 5 nitrogen and oxygen atoms in total. The molecule has 0 unspecified atom stereocenters. The first-order valence-corrected chi connectivity index (χ1v) is 7.55. The van der Waals surface area contributed by atoms with Gasteiger partial charge in [0.25, 0.3) is 0 Å². The van der Waals surface area contributed by atoms with Gasteiger partial charge >= 0.3 is 0 Å². The van der Waals surface area contributed by atoms with E-state index in [0.29, 0.717) is 27.7 Å². The molecule has 3 aromatic rings. The van der Waals surface area contributed by atoms with Gasteiger partial charge in [0.15, 0.2) is 10.7 Å². The standard InChI is InChI=1S/C16H12ClN3O2S/c1-9(21)18-16(23)19-12-5-6-14-13(8-12)20-15(22-14)10-3-2-4-11(17)7-10/h2-8H,1H3,(H2,18,19,21,23). The zero-order valence-electron chi connectivity index (χ0n) is 12.1. The lowest BCUT2D eigenvalue weighted by Crippen LogP contribution is -2.32. The molecule has 1 heterocycles. The minimum absolute atomic E-state index is 0.228. The van der Waals surface area contributed by atoms with E-state index >= 15 is 0 Å². The van der Waals surface area contributed by atoms with Crippen LogP contribution in [-0.4, -0.2) is 16.0 Å². The number of amides is 1. The summed E-state index contributed by atoms with van der Waals surface area (Å²) in [6, 6.07) is 12.7. The number of anilines is 1. The molecule has 3 rings (SSSR count). The number of nitrogens with one attached hydrogen (secondary N) is 2. The van der Waals surface area contributed by atoms with E-state index < -0.39 is 0 Å². The van der Waals surface area contributed by atoms with Crippen molar-refractivity contribution in [2.75, 3.05) is 5.32 Å². The molecule has 1 aromatic heterocycles. The molecule has 0 aliphatic rings. The molecule has 1 amide bonds. The van der Waals surface area contributed by atoms with Gasteiger partial charge in [-0.15, -0.1) is 0 Å². The van der Waals surface area contributed by atoms with Crippen LogP contribution in [0.4, 0.5) is 5.69 Å². The number of carbonyl (C=O) groups excluding carboxylic acids is 1. The average Bonchev–Trinajstić information content (AvgIpc) is 2.89. The minimum Gasteiger partial charge on any atom is -0.436 e. The van der Waals surface area contributed by atoms with E-state index in [-0.39, 0.29) is 11.0 Å². The van der Waals surface area contributed by atoms with Crippen molar-refractivity contribution in [1.82, 2.24) is 10.3 Å². The van der Waals surface area contributed by atoms with Gasteiger partial charge in [-0.1, -0.05) is 17.7 Å². The van der Waals surface area contributed by atoms with E-state index in [1.54, 1.807) is 30.3 Å². The van der Waals surface area contributed by atoms with Crippen molar-refractivity contribution >= 4 is 51.6 Å². The van der Waals surface area contributed by atoms with Gasteiger partial charge in [-0.3, -0.25) is 4.79 Å². The molecule has 0 aliphatic heterocycles. The second-order valence-corrected chi connectivity index (χ2v) is 5.69. The van der Waals surface area contributed by atoms with Crippen molar-refractivity contribution in [2.45, 2.75) is 6.92 Å². The summed E-state index contributed by atoms with van der Waals surface area (Å²) in [6.07, 6.45) is 0. The zero-order chi connectivity index (χ0) is 16.4. The van der Waals surface area contributed by atoms with Gasteiger partial charge in [0.2, 0.25) is 11.8 Å². The molecule has 7 heteroatoms. The Bertz CT molecular complexity index is 907. The molecule has 0 atom stereocenters. The van der Waals surface area contributed by atoms with Crippen LogP contribution in [0.5, 0.6) is 0 Å². The number of rotatable bonds is 2. The lowest BCUT2D eigenvalue weighted by molar-refractivity contribution is -0.117. The van der Waals surface area contributed by atoms with Gasteiger partial charge in [-0.2, -0.15) is 0 Å². The summed E-state index contributed by atoms with van der Waals surface area (Å²) in [6.45, 7) is 1.39. The number of fused-ring (bicyclic) bond motifs is 1. The van der Waals surface area contributed by atoms with Crippen LogP contribution in [-0.2, 0) is 4.79 Å². The van der Waals surface area contributed by atoms with Gasteiger partial charge in [0.1, 0.15) is 5.52 Å². The van der Waals surface area contributed by atoms with E-state index in [0.717, 1.165) is 5.56 Å². The van der Waals surface area contributed by atoms with E-state index in [2.05, 4.69) is 15.6 Å². The molecule has 0 saturated heterocycles. The lowest BCUT2D eigenvalue weighted by Gasteiger charge is -2.07. The molecule has 2 N–H and O–H groups in total. The Balaban J connectivity index is 1.89. The maximum absolute atomic E-state index is 11.0. The van der Waals surface area contributed by atoms with Gasteiger partial charge in [-0.25, -0.2) is 4.98 Å². The number of hydrogen-bond donors (Lipinski definition) is 2. The van der Waals surface area contributed by atoms with Gasteiger partial charge < -0.3 is 15.1 Å². The molecule has 0 spiro atoms. The van der Waals surface area contributed by atoms with Gasteiger partial charge in [-0.05, 0) is 48.6 Å². The van der Waals surface area contributed by atoms with Crippen molar-refractivity contribution in [3.63, 3.8) is 0 Å². The highest BCUT2D eigenvalue weighted by atomic mass is 35.5. The number of aromatic nitrogens is 1. The fraction of sp³-hybridized carbons (Fsp3) is 0.0625. The Morgan fingerprint density at radius 2 is 2.09 bits per heavy atom. The highest BCUT2D eigenvalue weighted by Crippen LogP contribution is 2.27. The van der Waals surface area contributed by atoms with E-state index in [9.17, 15) is 4.79 Å². The van der Waals surface area contributed by atoms with Crippen molar-refractivity contribution < 1.29 is 9.21 Å². The number of benzene rings is 2. The Labute approximate surface area is 142 Å². The predicted octanol–water partition coefficient (Wildman–Crippen LogP) is 3.98. The number of oxazole rings is 1. The number of thiocarbonyl (C=S) groups is 1. The SMILES string of the molecule is CC(=O)NC(=S)Nc1ccc2oc(-c3cccc(Cl)c3)nc2c1. The Kier molecular flexibility index (Phi) is 4.27. The third-order valence-corrected chi connectivity index (χ3v) is 3.45. The highest BCUT2D eigenvalue weighted by Gasteiger charge is 2.10. The van der Waals surface area contributed by atoms with Crippen molar-refractivity contribution in [3.05, 3.63) is 47.5 Å². The monoisotopic (exact) mass is 345 g/mol. The molecule has 0 saturated carbocycles. The van der Waals surface area contributed by atoms with Crippen LogP contribution in [0.1, 0.15) is 6.92 Å². The fourth-order valence-electron chi connectivity index (χ4n) is 2.07. The van der Waals surface area contributed by atoms with Crippen molar-refractivity contribution in [2.24, 2.45) is 0 Å². The van der Waals surface area contributed by atoms with Crippen molar-refractivity contribution in [3.8, 4) is 11.5 Å². The van der Waals surface area contributed by atoms with E-state index in [1.807, 2.05) is 12.1 Å². The van der Waals surface area contributed by atoms with Crippen LogP contribution >= 0.6 is 23.8 Å². The summed E-state index contributed by atoms with van der Waals surface area (Å²) in [5.74, 6) is 0.261. The quantitative estimate of drug-likeness (QED) is 0.688. The normalized spacial score (nSPS) is 10.5. The van der Waals surface area contributed by atoms with Crippen LogP contribution in [0.15, 0.2) is 46.9 Å².